The van der Waals surface area contributed by atoms with E-state index in [0.717, 1.165) is 12.1 Å². The summed E-state index contributed by atoms with van der Waals surface area (Å²) in [6.45, 7) is -1.66. The van der Waals surface area contributed by atoms with Crippen molar-refractivity contribution in [3.8, 4) is 154 Å². The third-order valence-electron chi connectivity index (χ3n) is 15.6. The van der Waals surface area contributed by atoms with Gasteiger partial charge >= 0.3 is 29.8 Å². The van der Waals surface area contributed by atoms with Gasteiger partial charge in [-0.3, -0.25) is 0 Å². The molecule has 6 heterocycles. The third kappa shape index (κ3) is 7.70. The van der Waals surface area contributed by atoms with Crippen LogP contribution in [-0.2, 0) is 30.1 Å². The Morgan fingerprint density at radius 3 is 1.30 bits per heavy atom. The number of carbonyl (C=O) groups is 5. The first-order chi connectivity index (χ1) is 41.5. The molecule has 7 aromatic carbocycles. The monoisotopic (exact) mass is 1220 g/mol. The molecule has 32 heteroatoms. The molecule has 88 heavy (non-hydrogen) atoms. The van der Waals surface area contributed by atoms with Crippen molar-refractivity contribution in [2.45, 2.75) is 49.0 Å². The Balaban J connectivity index is 1.24. The van der Waals surface area contributed by atoms with Crippen molar-refractivity contribution in [1.29, 1.82) is 0 Å². The van der Waals surface area contributed by atoms with Crippen LogP contribution in [-0.4, -0.2) is 174 Å². The maximum atomic E-state index is 15.9. The van der Waals surface area contributed by atoms with E-state index in [0.29, 0.717) is 12.1 Å². The zero-order valence-corrected chi connectivity index (χ0v) is 43.3. The van der Waals surface area contributed by atoms with E-state index in [4.69, 9.17) is 28.4 Å². The van der Waals surface area contributed by atoms with Gasteiger partial charge in [0.1, 0.15) is 23.9 Å². The SMILES string of the molecule is O=C1OC[C@@H]2OC(=O)c3cc(O)c(O)c(O)c3-c3c(O)c(O)c(O)c4c3C(=O)O[C@H]([C@H]2OC(=O)c2cc(O)c(O)c(O)c2-c2c1cc(O)c(O)c2O)[C@H]1OC(=O)c2c-4c(O)c(O)c(O)c2[C@@H]1c1c(O)cc(O)c2c1OC(c1cc(O)c(O)c(O)c1)[C@H](O)C2. The molecule has 13 rings (SSSR count). The highest BCUT2D eigenvalue weighted by Crippen LogP contribution is 2.65. The first-order valence-corrected chi connectivity index (χ1v) is 25.1. The molecule has 7 atom stereocenters. The molecule has 0 amide bonds. The second-order valence-electron chi connectivity index (χ2n) is 20.4. The fourth-order valence-electron chi connectivity index (χ4n) is 11.6. The Bertz CT molecular complexity index is 4390. The van der Waals surface area contributed by atoms with Gasteiger partial charge in [-0.15, -0.1) is 0 Å². The highest BCUT2D eigenvalue weighted by Gasteiger charge is 2.58. The number of benzene rings is 7. The van der Waals surface area contributed by atoms with Gasteiger partial charge in [-0.05, 0) is 30.3 Å². The Hall–Kier alpha value is -12.4. The normalized spacial score (nSPS) is 20.8. The highest BCUT2D eigenvalue weighted by molar-refractivity contribution is 6.17. The zero-order chi connectivity index (χ0) is 63.6. The van der Waals surface area contributed by atoms with Crippen LogP contribution in [0.1, 0.15) is 86.1 Å². The van der Waals surface area contributed by atoms with Crippen LogP contribution in [0.5, 0.6) is 121 Å². The first kappa shape index (κ1) is 56.1. The van der Waals surface area contributed by atoms with Crippen molar-refractivity contribution >= 4 is 29.8 Å². The van der Waals surface area contributed by atoms with Gasteiger partial charge in [-0.2, -0.15) is 0 Å². The summed E-state index contributed by atoms with van der Waals surface area (Å²) in [4.78, 5) is 76.2. The Morgan fingerprint density at radius 1 is 0.330 bits per heavy atom. The molecule has 0 spiro atoms. The maximum Gasteiger partial charge on any atom is 0.340 e. The molecule has 6 aliphatic rings. The van der Waals surface area contributed by atoms with E-state index in [1.807, 2.05) is 0 Å². The average molecular weight is 1220 g/mol. The molecule has 6 bridgehead atoms. The van der Waals surface area contributed by atoms with Gasteiger partial charge in [-0.25, -0.2) is 24.0 Å². The lowest BCUT2D eigenvalue weighted by Gasteiger charge is -2.43. The van der Waals surface area contributed by atoms with Crippen molar-refractivity contribution < 1.29 is 160 Å². The quantitative estimate of drug-likeness (QED) is 0.0672. The maximum absolute atomic E-state index is 15.9. The largest absolute Gasteiger partial charge is 0.507 e. The van der Waals surface area contributed by atoms with Crippen molar-refractivity contribution in [2.75, 3.05) is 6.61 Å². The van der Waals surface area contributed by atoms with Gasteiger partial charge in [0, 0.05) is 68.1 Å². The summed E-state index contributed by atoms with van der Waals surface area (Å²) in [6, 6.07) is 3.05. The van der Waals surface area contributed by atoms with Gasteiger partial charge in [0.05, 0.1) is 39.8 Å². The van der Waals surface area contributed by atoms with Gasteiger partial charge in [0.2, 0.25) is 28.7 Å². The number of ether oxygens (including phenoxy) is 6. The Kier molecular flexibility index (Phi) is 12.2. The van der Waals surface area contributed by atoms with Crippen LogP contribution in [0.4, 0.5) is 0 Å². The number of rotatable bonds is 2. The molecule has 0 fully saturated rings. The first-order valence-electron chi connectivity index (χ1n) is 25.1. The standard InChI is InChI=1S/C56H38O32/c57-14-7-15(58)26(48-10(14)3-21(64)47(85-48)9-1-16(59)34(65)17(60)2-9)31-30-33-29(43(74)46(77)44(30)75)28-32-27(41(72)45(76)42(28)73)25-13(6-20(63)37(68)40(25)71)53(79)84-22-8-83-52(78)11-4-18(61)35(66)38(69)23(11)24-12(5-19(62)36(67)39(24)70)54(80)86-49(22)51(88-56(32)82)50(31)87-55(33)81/h1-2,4-7,21-22,31,47,49-51,57-77H,3,8H2/t21-,22+,31+,47?,49+,50+,51-/m1/s1. The lowest BCUT2D eigenvalue weighted by Crippen LogP contribution is -2.56. The summed E-state index contributed by atoms with van der Waals surface area (Å²) in [5.74, 6) is -42.8. The molecule has 7 aromatic rings. The Labute approximate surface area is 484 Å². The van der Waals surface area contributed by atoms with Crippen molar-refractivity contribution in [3.05, 3.63) is 86.5 Å². The summed E-state index contributed by atoms with van der Waals surface area (Å²) < 4.78 is 35.7. The summed E-state index contributed by atoms with van der Waals surface area (Å²) >= 11 is 0. The van der Waals surface area contributed by atoms with Crippen LogP contribution in [0.15, 0.2) is 36.4 Å². The molecular formula is C56H38O32. The minimum Gasteiger partial charge on any atom is -0.507 e. The average Bonchev–Trinajstić information content (AvgIpc) is 0.868. The van der Waals surface area contributed by atoms with Crippen molar-refractivity contribution in [1.82, 2.24) is 0 Å². The molecule has 0 radical (unpaired) electrons. The lowest BCUT2D eigenvalue weighted by atomic mass is 9.73. The zero-order valence-electron chi connectivity index (χ0n) is 43.3. The van der Waals surface area contributed by atoms with E-state index in [-0.39, 0.29) is 17.7 Å². The van der Waals surface area contributed by atoms with E-state index in [1.54, 1.807) is 0 Å². The molecule has 32 nitrogen and oxygen atoms in total. The predicted octanol–water partition coefficient (Wildman–Crippen LogP) is 2.98. The lowest BCUT2D eigenvalue weighted by molar-refractivity contribution is -0.135. The smallest absolute Gasteiger partial charge is 0.340 e. The number of hydrogen-bond acceptors (Lipinski definition) is 32. The minimum absolute atomic E-state index is 0.276. The minimum atomic E-state index is -3.05. The number of esters is 5. The van der Waals surface area contributed by atoms with Crippen LogP contribution in [0.2, 0.25) is 0 Å². The summed E-state index contributed by atoms with van der Waals surface area (Å²) in [5, 5.41) is 238. The van der Waals surface area contributed by atoms with E-state index >= 15 is 19.2 Å². The van der Waals surface area contributed by atoms with Crippen LogP contribution in [0.3, 0.4) is 0 Å². The number of phenols is 20. The number of fused-ring (bicyclic) bond motifs is 8. The summed E-state index contributed by atoms with van der Waals surface area (Å²) in [7, 11) is 0. The highest BCUT2D eigenvalue weighted by atomic mass is 16.6. The summed E-state index contributed by atoms with van der Waals surface area (Å²) in [5.41, 5.74) is -18.0. The van der Waals surface area contributed by atoms with E-state index in [9.17, 15) is 112 Å². The molecule has 0 aromatic heterocycles. The topological polar surface area (TPSA) is 566 Å². The molecule has 21 N–H and O–H groups in total. The van der Waals surface area contributed by atoms with Gasteiger partial charge in [0.15, 0.2) is 105 Å². The number of aromatic hydroxyl groups is 20. The third-order valence-corrected chi connectivity index (χ3v) is 15.6. The van der Waals surface area contributed by atoms with Gasteiger partial charge < -0.3 is 136 Å². The second-order valence-corrected chi connectivity index (χ2v) is 20.4. The Morgan fingerprint density at radius 2 is 0.750 bits per heavy atom. The summed E-state index contributed by atoms with van der Waals surface area (Å²) in [6.07, 6.45) is -16.2. The number of aliphatic hydroxyl groups excluding tert-OH is 1. The molecule has 1 unspecified atom stereocenters. The molecule has 0 aliphatic carbocycles. The molecule has 0 saturated carbocycles. The molecule has 0 saturated heterocycles. The molecular weight excluding hydrogens is 1180 g/mol. The number of aliphatic hydroxyl groups is 1. The van der Waals surface area contributed by atoms with Crippen LogP contribution >= 0.6 is 0 Å². The van der Waals surface area contributed by atoms with E-state index < -0.39 is 284 Å². The molecule has 6 aliphatic heterocycles. The number of hydrogen-bond donors (Lipinski definition) is 21. The van der Waals surface area contributed by atoms with E-state index in [2.05, 4.69) is 0 Å². The number of carbonyl (C=O) groups excluding carboxylic acids is 5. The van der Waals surface area contributed by atoms with E-state index in [1.165, 1.54) is 0 Å². The number of cyclic esters (lactones) is 1. The van der Waals surface area contributed by atoms with Gasteiger partial charge in [-0.1, -0.05) is 0 Å². The number of phenolic OH excluding ortho intramolecular Hbond substituents is 20. The predicted molar refractivity (Wildman–Crippen MR) is 277 cm³/mol. The van der Waals surface area contributed by atoms with Gasteiger partial charge in [0.25, 0.3) is 0 Å². The van der Waals surface area contributed by atoms with Crippen LogP contribution in [0.25, 0.3) is 33.4 Å². The fourth-order valence-corrected chi connectivity index (χ4v) is 11.6. The molecule has 454 valence electrons. The second kappa shape index (κ2) is 19.1. The van der Waals surface area contributed by atoms with Crippen molar-refractivity contribution in [2.24, 2.45) is 0 Å². The fraction of sp³-hybridized carbons (Fsp3) is 0.161. The van der Waals surface area contributed by atoms with Crippen LogP contribution in [0, 0.1) is 0 Å². The van der Waals surface area contributed by atoms with Crippen LogP contribution < -0.4 is 4.74 Å². The van der Waals surface area contributed by atoms with Crippen molar-refractivity contribution in [3.63, 3.8) is 0 Å².